The Kier molecular flexibility index (Phi) is 4.94. The van der Waals surface area contributed by atoms with Crippen molar-refractivity contribution in [3.8, 4) is 0 Å². The summed E-state index contributed by atoms with van der Waals surface area (Å²) in [6.45, 7) is 4.37. The molecular formula is C19H20F2N4O3S. The molecule has 10 heteroatoms. The molecule has 0 fully saturated rings. The van der Waals surface area contributed by atoms with Gasteiger partial charge in [0.15, 0.2) is 9.84 Å². The Morgan fingerprint density at radius 2 is 1.86 bits per heavy atom. The highest BCUT2D eigenvalue weighted by molar-refractivity contribution is 7.93. The van der Waals surface area contributed by atoms with Crippen molar-refractivity contribution in [2.45, 2.75) is 31.1 Å². The first-order valence-corrected chi connectivity index (χ1v) is 10.3. The predicted molar refractivity (Wildman–Crippen MR) is 105 cm³/mol. The lowest BCUT2D eigenvalue weighted by Crippen LogP contribution is -2.55. The number of pyridine rings is 1. The Balaban J connectivity index is 1.98. The lowest BCUT2D eigenvalue weighted by Gasteiger charge is -2.38. The van der Waals surface area contributed by atoms with Gasteiger partial charge in [0.1, 0.15) is 33.4 Å². The molecule has 0 bridgehead atoms. The quantitative estimate of drug-likeness (QED) is 0.788. The Hall–Kier alpha value is -2.88. The van der Waals surface area contributed by atoms with Gasteiger partial charge in [0, 0.05) is 11.3 Å². The summed E-state index contributed by atoms with van der Waals surface area (Å²) in [5, 5.41) is 2.53. The molecule has 0 aliphatic carbocycles. The van der Waals surface area contributed by atoms with E-state index < -0.39 is 43.4 Å². The van der Waals surface area contributed by atoms with Gasteiger partial charge < -0.3 is 11.1 Å². The number of aliphatic imine (C=N–C) groups is 1. The molecule has 0 saturated carbocycles. The van der Waals surface area contributed by atoms with Crippen LogP contribution in [0.5, 0.6) is 0 Å². The van der Waals surface area contributed by atoms with Crippen molar-refractivity contribution in [3.63, 3.8) is 0 Å². The van der Waals surface area contributed by atoms with Crippen LogP contribution in [0.25, 0.3) is 0 Å². The first-order valence-electron chi connectivity index (χ1n) is 8.67. The van der Waals surface area contributed by atoms with Crippen molar-refractivity contribution >= 4 is 27.3 Å². The molecule has 1 aliphatic rings. The van der Waals surface area contributed by atoms with Crippen molar-refractivity contribution in [2.75, 3.05) is 11.1 Å². The van der Waals surface area contributed by atoms with Crippen molar-refractivity contribution < 1.29 is 22.0 Å². The Bertz CT molecular complexity index is 1110. The number of nitrogens with zero attached hydrogens (tertiary/aromatic N) is 2. The number of hydrogen-bond acceptors (Lipinski definition) is 6. The van der Waals surface area contributed by atoms with E-state index in [-0.39, 0.29) is 22.8 Å². The molecule has 1 aromatic carbocycles. The summed E-state index contributed by atoms with van der Waals surface area (Å²) in [7, 11) is -3.72. The van der Waals surface area contributed by atoms with Crippen LogP contribution in [0.2, 0.25) is 0 Å². The van der Waals surface area contributed by atoms with Crippen LogP contribution in [0, 0.1) is 11.6 Å². The van der Waals surface area contributed by atoms with E-state index in [4.69, 9.17) is 5.73 Å². The zero-order valence-electron chi connectivity index (χ0n) is 16.0. The van der Waals surface area contributed by atoms with Gasteiger partial charge in [0.05, 0.1) is 11.9 Å². The minimum Gasteiger partial charge on any atom is -0.386 e. The van der Waals surface area contributed by atoms with Crippen molar-refractivity contribution in [3.05, 3.63) is 59.4 Å². The maximum absolute atomic E-state index is 14.6. The molecule has 3 rings (SSSR count). The molecule has 2 heterocycles. The number of nitrogens with two attached hydrogens (primary N) is 1. The molecule has 1 aliphatic heterocycles. The molecule has 1 aromatic heterocycles. The van der Waals surface area contributed by atoms with Crippen LogP contribution in [0.15, 0.2) is 41.5 Å². The molecule has 0 radical (unpaired) electrons. The van der Waals surface area contributed by atoms with Gasteiger partial charge in [0.25, 0.3) is 5.91 Å². The lowest BCUT2D eigenvalue weighted by molar-refractivity contribution is 0.102. The standard InChI is InChI=1S/C19H20F2N4O3S/c1-18(2)17(22)25-19(3,10-29(18,27)28)13-8-12(5-6-14(13)21)24-16(26)15-7-4-11(20)9-23-15/h4-9H,10H2,1-3H3,(H2,22,25)(H,24,26). The van der Waals surface area contributed by atoms with Crippen LogP contribution >= 0.6 is 0 Å². The minimum absolute atomic E-state index is 0.0237. The van der Waals surface area contributed by atoms with E-state index >= 15 is 0 Å². The average Bonchev–Trinajstić information content (AvgIpc) is 2.62. The van der Waals surface area contributed by atoms with Crippen LogP contribution in [0.4, 0.5) is 14.5 Å². The topological polar surface area (TPSA) is 115 Å². The number of anilines is 1. The summed E-state index contributed by atoms with van der Waals surface area (Å²) in [6, 6.07) is 6.02. The highest BCUT2D eigenvalue weighted by Crippen LogP contribution is 2.38. The van der Waals surface area contributed by atoms with Gasteiger partial charge in [-0.05, 0) is 51.1 Å². The first kappa shape index (κ1) is 20.8. The number of hydrogen-bond donors (Lipinski definition) is 2. The van der Waals surface area contributed by atoms with Gasteiger partial charge in [-0.25, -0.2) is 22.2 Å². The third-order valence-electron chi connectivity index (χ3n) is 5.00. The third-order valence-corrected chi connectivity index (χ3v) is 7.70. The van der Waals surface area contributed by atoms with E-state index in [0.717, 1.165) is 18.3 Å². The summed E-state index contributed by atoms with van der Waals surface area (Å²) in [4.78, 5) is 20.3. The summed E-state index contributed by atoms with van der Waals surface area (Å²) in [5.41, 5.74) is 4.58. The number of amides is 1. The highest BCUT2D eigenvalue weighted by Gasteiger charge is 2.49. The van der Waals surface area contributed by atoms with Crippen LogP contribution in [0.1, 0.15) is 36.8 Å². The molecule has 7 nitrogen and oxygen atoms in total. The van der Waals surface area contributed by atoms with E-state index in [2.05, 4.69) is 15.3 Å². The summed E-state index contributed by atoms with van der Waals surface area (Å²) in [5.74, 6) is -2.46. The number of halogens is 2. The highest BCUT2D eigenvalue weighted by atomic mass is 32.2. The maximum Gasteiger partial charge on any atom is 0.274 e. The van der Waals surface area contributed by atoms with E-state index in [1.54, 1.807) is 0 Å². The van der Waals surface area contributed by atoms with Gasteiger partial charge in [0.2, 0.25) is 0 Å². The molecule has 0 spiro atoms. The zero-order chi connectivity index (χ0) is 21.6. The fraction of sp³-hybridized carbons (Fsp3) is 0.316. The maximum atomic E-state index is 14.6. The Morgan fingerprint density at radius 1 is 1.17 bits per heavy atom. The molecule has 154 valence electrons. The second kappa shape index (κ2) is 6.87. The normalized spacial score (nSPS) is 22.6. The van der Waals surface area contributed by atoms with Gasteiger partial charge in [-0.2, -0.15) is 0 Å². The van der Waals surface area contributed by atoms with Crippen LogP contribution in [0.3, 0.4) is 0 Å². The van der Waals surface area contributed by atoms with Crippen molar-refractivity contribution in [1.82, 2.24) is 4.98 Å². The van der Waals surface area contributed by atoms with Crippen molar-refractivity contribution in [2.24, 2.45) is 10.7 Å². The van der Waals surface area contributed by atoms with Crippen LogP contribution < -0.4 is 11.1 Å². The number of carbonyl (C=O) groups excluding carboxylic acids is 1. The van der Waals surface area contributed by atoms with Gasteiger partial charge in [-0.3, -0.25) is 9.79 Å². The largest absolute Gasteiger partial charge is 0.386 e. The fourth-order valence-electron chi connectivity index (χ4n) is 3.00. The second-order valence-electron chi connectivity index (χ2n) is 7.55. The molecule has 2 aromatic rings. The van der Waals surface area contributed by atoms with E-state index in [1.165, 1.54) is 39.0 Å². The van der Waals surface area contributed by atoms with Crippen LogP contribution in [-0.4, -0.2) is 35.6 Å². The van der Waals surface area contributed by atoms with Gasteiger partial charge in [-0.15, -0.1) is 0 Å². The molecular weight excluding hydrogens is 402 g/mol. The number of benzene rings is 1. The molecule has 29 heavy (non-hydrogen) atoms. The predicted octanol–water partition coefficient (Wildman–Crippen LogP) is 2.39. The number of amidine groups is 1. The number of aromatic nitrogens is 1. The lowest BCUT2D eigenvalue weighted by atomic mass is 9.92. The van der Waals surface area contributed by atoms with E-state index in [0.29, 0.717) is 0 Å². The summed E-state index contributed by atoms with van der Waals surface area (Å²) in [6.07, 6.45) is 0.901. The zero-order valence-corrected chi connectivity index (χ0v) is 16.8. The smallest absolute Gasteiger partial charge is 0.274 e. The second-order valence-corrected chi connectivity index (χ2v) is 10.1. The Morgan fingerprint density at radius 3 is 2.45 bits per heavy atom. The first-order chi connectivity index (χ1) is 13.4. The third kappa shape index (κ3) is 3.71. The fourth-order valence-corrected chi connectivity index (χ4v) is 4.69. The summed E-state index contributed by atoms with van der Waals surface area (Å²) < 4.78 is 51.6. The SMILES string of the molecule is CC1(c2cc(NC(=O)c3ccc(F)cn3)ccc2F)CS(=O)(=O)C(C)(C)C(N)=N1. The number of carbonyl (C=O) groups is 1. The van der Waals surface area contributed by atoms with Gasteiger partial charge >= 0.3 is 0 Å². The molecule has 1 amide bonds. The van der Waals surface area contributed by atoms with Crippen molar-refractivity contribution in [1.29, 1.82) is 0 Å². The average molecular weight is 422 g/mol. The van der Waals surface area contributed by atoms with E-state index in [9.17, 15) is 22.0 Å². The molecule has 3 N–H and O–H groups in total. The minimum atomic E-state index is -3.72. The molecule has 1 atom stereocenters. The number of rotatable bonds is 3. The molecule has 0 saturated heterocycles. The van der Waals surface area contributed by atoms with Crippen LogP contribution in [-0.2, 0) is 15.4 Å². The van der Waals surface area contributed by atoms with E-state index in [1.807, 2.05) is 0 Å². The number of nitrogens with one attached hydrogen (secondary N) is 1. The number of sulfone groups is 1. The monoisotopic (exact) mass is 422 g/mol. The Labute approximate surface area is 167 Å². The molecule has 1 unspecified atom stereocenters. The summed E-state index contributed by atoms with van der Waals surface area (Å²) >= 11 is 0. The van der Waals surface area contributed by atoms with Gasteiger partial charge in [-0.1, -0.05) is 0 Å².